The molecule has 0 unspecified atom stereocenters. The van der Waals surface area contributed by atoms with Gasteiger partial charge in [-0.3, -0.25) is 4.79 Å². The average molecular weight is 359 g/mol. The van der Waals surface area contributed by atoms with Crippen molar-refractivity contribution in [2.24, 2.45) is 0 Å². The summed E-state index contributed by atoms with van der Waals surface area (Å²) in [5.41, 5.74) is 0.233. The quantitative estimate of drug-likeness (QED) is 0.843. The van der Waals surface area contributed by atoms with Crippen LogP contribution in [0.25, 0.3) is 0 Å². The number of pyridine rings is 1. The highest BCUT2D eigenvalue weighted by Crippen LogP contribution is 2.36. The van der Waals surface area contributed by atoms with E-state index in [-0.39, 0.29) is 17.6 Å². The molecule has 7 heteroatoms. The third-order valence-electron chi connectivity index (χ3n) is 4.77. The second-order valence-electron chi connectivity index (χ2n) is 6.69. The normalized spacial score (nSPS) is 26.1. The highest BCUT2D eigenvalue weighted by atomic mass is 32.1. The first kappa shape index (κ1) is 16.5. The Hall–Kier alpha value is -1.99. The van der Waals surface area contributed by atoms with Crippen LogP contribution in [0, 0.1) is 6.92 Å². The molecule has 0 radical (unpaired) electrons. The minimum Gasteiger partial charge on any atom is -0.472 e. The number of nitrogens with zero attached hydrogens (tertiary/aromatic N) is 3. The van der Waals surface area contributed by atoms with Crippen LogP contribution in [0.4, 0.5) is 0 Å². The monoisotopic (exact) mass is 359 g/mol. The van der Waals surface area contributed by atoms with Gasteiger partial charge in [0, 0.05) is 30.6 Å². The lowest BCUT2D eigenvalue weighted by molar-refractivity contribution is -0.0454. The Kier molecular flexibility index (Phi) is 4.43. The first-order chi connectivity index (χ1) is 12.1. The van der Waals surface area contributed by atoms with Crippen LogP contribution in [-0.4, -0.2) is 52.2 Å². The summed E-state index contributed by atoms with van der Waals surface area (Å²) in [6.07, 6.45) is 4.37. The van der Waals surface area contributed by atoms with E-state index in [1.807, 2.05) is 35.4 Å². The lowest BCUT2D eigenvalue weighted by atomic mass is 9.89. The van der Waals surface area contributed by atoms with E-state index in [4.69, 9.17) is 9.47 Å². The molecular formula is C18H21N3O3S. The number of carbonyl (C=O) groups is 1. The SMILES string of the molecule is Cc1nc(C(=O)N2CCC[C@]3(C[C@H](Oc4ccccn4)CO3)C2)cs1. The number of piperidine rings is 1. The van der Waals surface area contributed by atoms with Crippen molar-refractivity contribution in [1.29, 1.82) is 0 Å². The van der Waals surface area contributed by atoms with Crippen LogP contribution in [0.1, 0.15) is 34.8 Å². The summed E-state index contributed by atoms with van der Waals surface area (Å²) in [4.78, 5) is 23.1. The fraction of sp³-hybridized carbons (Fsp3) is 0.500. The fourth-order valence-electron chi connectivity index (χ4n) is 3.65. The van der Waals surface area contributed by atoms with Gasteiger partial charge in [0.25, 0.3) is 5.91 Å². The van der Waals surface area contributed by atoms with Gasteiger partial charge < -0.3 is 14.4 Å². The summed E-state index contributed by atoms with van der Waals surface area (Å²) < 4.78 is 12.1. The molecule has 1 spiro atoms. The Morgan fingerprint density at radius 1 is 1.48 bits per heavy atom. The van der Waals surface area contributed by atoms with E-state index in [0.717, 1.165) is 30.8 Å². The predicted molar refractivity (Wildman–Crippen MR) is 93.9 cm³/mol. The molecular weight excluding hydrogens is 338 g/mol. The third-order valence-corrected chi connectivity index (χ3v) is 5.54. The van der Waals surface area contributed by atoms with Crippen LogP contribution in [0.3, 0.4) is 0 Å². The molecule has 0 bridgehead atoms. The summed E-state index contributed by atoms with van der Waals surface area (Å²) >= 11 is 1.51. The molecule has 1 amide bonds. The van der Waals surface area contributed by atoms with E-state index in [1.165, 1.54) is 11.3 Å². The van der Waals surface area contributed by atoms with Crippen LogP contribution in [0.2, 0.25) is 0 Å². The fourth-order valence-corrected chi connectivity index (χ4v) is 4.23. The third kappa shape index (κ3) is 3.52. The maximum Gasteiger partial charge on any atom is 0.273 e. The Morgan fingerprint density at radius 2 is 2.40 bits per heavy atom. The molecule has 4 rings (SSSR count). The molecule has 2 aromatic heterocycles. The molecule has 0 N–H and O–H groups in total. The number of aryl methyl sites for hydroxylation is 1. The number of hydrogen-bond acceptors (Lipinski definition) is 6. The van der Waals surface area contributed by atoms with Crippen molar-refractivity contribution in [2.45, 2.75) is 37.9 Å². The van der Waals surface area contributed by atoms with Crippen LogP contribution >= 0.6 is 11.3 Å². The topological polar surface area (TPSA) is 64.6 Å². The summed E-state index contributed by atoms with van der Waals surface area (Å²) in [5, 5.41) is 2.75. The highest BCUT2D eigenvalue weighted by molar-refractivity contribution is 7.09. The number of aromatic nitrogens is 2. The number of amides is 1. The standard InChI is InChI=1S/C18H21N3O3S/c1-13-20-15(11-25-13)17(22)21-8-4-6-18(12-21)9-14(10-23-18)24-16-5-2-3-7-19-16/h2-3,5,7,11,14H,4,6,8-10,12H2,1H3/t14-,18-/m0/s1. The van der Waals surface area contributed by atoms with E-state index < -0.39 is 0 Å². The Labute approximate surface area is 150 Å². The predicted octanol–water partition coefficient (Wildman–Crippen LogP) is 2.69. The molecule has 2 aliphatic rings. The summed E-state index contributed by atoms with van der Waals surface area (Å²) in [6, 6.07) is 5.63. The minimum atomic E-state index is -0.307. The molecule has 0 aliphatic carbocycles. The Balaban J connectivity index is 1.41. The Bertz CT molecular complexity index is 751. The maximum absolute atomic E-state index is 12.7. The molecule has 0 saturated carbocycles. The average Bonchev–Trinajstić information content (AvgIpc) is 3.22. The molecule has 4 heterocycles. The van der Waals surface area contributed by atoms with Crippen molar-refractivity contribution in [3.63, 3.8) is 0 Å². The van der Waals surface area contributed by atoms with Gasteiger partial charge in [-0.1, -0.05) is 6.07 Å². The minimum absolute atomic E-state index is 0.00104. The number of rotatable bonds is 3. The van der Waals surface area contributed by atoms with Crippen molar-refractivity contribution in [3.05, 3.63) is 40.5 Å². The smallest absolute Gasteiger partial charge is 0.273 e. The summed E-state index contributed by atoms with van der Waals surface area (Å²) in [7, 11) is 0. The van der Waals surface area contributed by atoms with Crippen LogP contribution in [0.5, 0.6) is 5.88 Å². The van der Waals surface area contributed by atoms with Crippen LogP contribution in [-0.2, 0) is 4.74 Å². The molecule has 2 aliphatic heterocycles. The summed E-state index contributed by atoms with van der Waals surface area (Å²) in [6.45, 7) is 3.81. The van der Waals surface area contributed by atoms with Crippen LogP contribution in [0.15, 0.2) is 29.8 Å². The molecule has 132 valence electrons. The zero-order valence-electron chi connectivity index (χ0n) is 14.2. The van der Waals surface area contributed by atoms with Crippen molar-refractivity contribution in [2.75, 3.05) is 19.7 Å². The van der Waals surface area contributed by atoms with Crippen molar-refractivity contribution in [1.82, 2.24) is 14.9 Å². The lowest BCUT2D eigenvalue weighted by Gasteiger charge is -2.39. The number of thiazole rings is 1. The van der Waals surface area contributed by atoms with E-state index in [2.05, 4.69) is 9.97 Å². The van der Waals surface area contributed by atoms with E-state index in [0.29, 0.717) is 24.7 Å². The zero-order valence-corrected chi connectivity index (χ0v) is 15.0. The molecule has 2 saturated heterocycles. The van der Waals surface area contributed by atoms with Gasteiger partial charge >= 0.3 is 0 Å². The van der Waals surface area contributed by atoms with Crippen molar-refractivity contribution < 1.29 is 14.3 Å². The number of ether oxygens (including phenoxy) is 2. The van der Waals surface area contributed by atoms with Gasteiger partial charge in [0.1, 0.15) is 11.8 Å². The van der Waals surface area contributed by atoms with Gasteiger partial charge in [-0.15, -0.1) is 11.3 Å². The van der Waals surface area contributed by atoms with Crippen LogP contribution < -0.4 is 4.74 Å². The molecule has 0 aromatic carbocycles. The molecule has 2 aromatic rings. The zero-order chi connectivity index (χ0) is 17.3. The summed E-state index contributed by atoms with van der Waals surface area (Å²) in [5.74, 6) is 0.621. The molecule has 2 fully saturated rings. The largest absolute Gasteiger partial charge is 0.472 e. The molecule has 2 atom stereocenters. The van der Waals surface area contributed by atoms with Gasteiger partial charge in [-0.25, -0.2) is 9.97 Å². The van der Waals surface area contributed by atoms with Gasteiger partial charge in [-0.2, -0.15) is 0 Å². The molecule has 6 nitrogen and oxygen atoms in total. The van der Waals surface area contributed by atoms with Crippen molar-refractivity contribution in [3.8, 4) is 5.88 Å². The Morgan fingerprint density at radius 3 is 3.16 bits per heavy atom. The van der Waals surface area contributed by atoms with E-state index in [9.17, 15) is 4.79 Å². The van der Waals surface area contributed by atoms with Gasteiger partial charge in [0.05, 0.1) is 23.8 Å². The maximum atomic E-state index is 12.7. The highest BCUT2D eigenvalue weighted by Gasteiger charge is 2.45. The lowest BCUT2D eigenvalue weighted by Crippen LogP contribution is -2.50. The molecule has 25 heavy (non-hydrogen) atoms. The number of likely N-dealkylation sites (tertiary alicyclic amines) is 1. The van der Waals surface area contributed by atoms with Gasteiger partial charge in [0.2, 0.25) is 5.88 Å². The van der Waals surface area contributed by atoms with Gasteiger partial charge in [-0.05, 0) is 25.8 Å². The van der Waals surface area contributed by atoms with E-state index in [1.54, 1.807) is 6.20 Å². The van der Waals surface area contributed by atoms with Crippen molar-refractivity contribution >= 4 is 17.2 Å². The number of carbonyl (C=O) groups excluding carboxylic acids is 1. The second-order valence-corrected chi connectivity index (χ2v) is 7.75. The first-order valence-corrected chi connectivity index (χ1v) is 9.45. The second kappa shape index (κ2) is 6.72. The van der Waals surface area contributed by atoms with E-state index >= 15 is 0 Å². The van der Waals surface area contributed by atoms with Gasteiger partial charge in [0.15, 0.2) is 0 Å². The number of hydrogen-bond donors (Lipinski definition) is 0. The first-order valence-electron chi connectivity index (χ1n) is 8.57.